The Kier molecular flexibility index (Phi) is 3.97. The molecule has 2 aliphatic rings. The minimum Gasteiger partial charge on any atom is -0.345 e. The van der Waals surface area contributed by atoms with Crippen molar-refractivity contribution in [2.45, 2.75) is 6.04 Å². The fourth-order valence-corrected chi connectivity index (χ4v) is 3.90. The van der Waals surface area contributed by atoms with Crippen molar-refractivity contribution >= 4 is 22.9 Å². The lowest BCUT2D eigenvalue weighted by Gasteiger charge is -2.48. The number of nitrogens with one attached hydrogen (secondary N) is 1. The zero-order valence-electron chi connectivity index (χ0n) is 15.0. The SMILES string of the molecule is O=C(c1c[nH]c2ncccc12)N1CC(N2CCN(c3ncccn3)CC2)C1. The lowest BCUT2D eigenvalue weighted by molar-refractivity contribution is 0.0247. The molecule has 2 aliphatic heterocycles. The Balaban J connectivity index is 1.17. The summed E-state index contributed by atoms with van der Waals surface area (Å²) in [5.74, 6) is 0.886. The highest BCUT2D eigenvalue weighted by Crippen LogP contribution is 2.23. The number of amides is 1. The number of rotatable bonds is 3. The Bertz CT molecular complexity index is 943. The normalized spacial score (nSPS) is 18.7. The molecule has 2 fully saturated rings. The van der Waals surface area contributed by atoms with Crippen LogP contribution in [0.25, 0.3) is 11.0 Å². The molecular formula is C19H21N7O. The largest absolute Gasteiger partial charge is 0.345 e. The molecular weight excluding hydrogens is 342 g/mol. The summed E-state index contributed by atoms with van der Waals surface area (Å²) in [5.41, 5.74) is 1.47. The first-order valence-corrected chi connectivity index (χ1v) is 9.27. The summed E-state index contributed by atoms with van der Waals surface area (Å²) in [6, 6.07) is 6.08. The predicted molar refractivity (Wildman–Crippen MR) is 102 cm³/mol. The molecule has 138 valence electrons. The van der Waals surface area contributed by atoms with E-state index in [9.17, 15) is 4.79 Å². The Hall–Kier alpha value is -3.00. The summed E-state index contributed by atoms with van der Waals surface area (Å²) in [4.78, 5) is 35.4. The highest BCUT2D eigenvalue weighted by Gasteiger charge is 2.37. The van der Waals surface area contributed by atoms with Crippen LogP contribution < -0.4 is 4.90 Å². The van der Waals surface area contributed by atoms with Crippen molar-refractivity contribution < 1.29 is 4.79 Å². The molecule has 0 aliphatic carbocycles. The average molecular weight is 363 g/mol. The number of hydrogen-bond donors (Lipinski definition) is 1. The van der Waals surface area contributed by atoms with Gasteiger partial charge in [0.2, 0.25) is 5.95 Å². The van der Waals surface area contributed by atoms with E-state index in [1.54, 1.807) is 24.8 Å². The summed E-state index contributed by atoms with van der Waals surface area (Å²) in [5, 5.41) is 0.891. The van der Waals surface area contributed by atoms with Crippen molar-refractivity contribution in [3.8, 4) is 0 Å². The molecule has 27 heavy (non-hydrogen) atoms. The van der Waals surface area contributed by atoms with Crippen LogP contribution in [0.2, 0.25) is 0 Å². The van der Waals surface area contributed by atoms with Crippen LogP contribution in [0.3, 0.4) is 0 Å². The molecule has 0 radical (unpaired) electrons. The number of hydrogen-bond acceptors (Lipinski definition) is 6. The van der Waals surface area contributed by atoms with Gasteiger partial charge in [0, 0.05) is 75.5 Å². The standard InChI is InChI=1S/C19H21N7O/c27-18(16-11-23-17-15(16)3-1-4-20-17)26-12-14(13-26)24-7-9-25(10-8-24)19-21-5-2-6-22-19/h1-6,11,14H,7-10,12-13H2,(H,20,23). The first-order chi connectivity index (χ1) is 13.3. The quantitative estimate of drug-likeness (QED) is 0.748. The first kappa shape index (κ1) is 16.2. The summed E-state index contributed by atoms with van der Waals surface area (Å²) < 4.78 is 0. The second kappa shape index (κ2) is 6.62. The fourth-order valence-electron chi connectivity index (χ4n) is 3.90. The van der Waals surface area contributed by atoms with Crippen LogP contribution in [0.1, 0.15) is 10.4 Å². The number of H-pyrrole nitrogens is 1. The summed E-state index contributed by atoms with van der Waals surface area (Å²) in [6.07, 6.45) is 7.06. The Morgan fingerprint density at radius 2 is 1.74 bits per heavy atom. The molecule has 0 atom stereocenters. The molecule has 5 heterocycles. The molecule has 0 unspecified atom stereocenters. The van der Waals surface area contributed by atoms with Crippen molar-refractivity contribution in [3.05, 3.63) is 48.5 Å². The number of aromatic nitrogens is 4. The van der Waals surface area contributed by atoms with E-state index in [1.807, 2.05) is 23.1 Å². The number of aromatic amines is 1. The minimum absolute atomic E-state index is 0.0850. The van der Waals surface area contributed by atoms with Gasteiger partial charge >= 0.3 is 0 Å². The van der Waals surface area contributed by atoms with Gasteiger partial charge < -0.3 is 14.8 Å². The first-order valence-electron chi connectivity index (χ1n) is 9.27. The lowest BCUT2D eigenvalue weighted by Crippen LogP contribution is -2.64. The van der Waals surface area contributed by atoms with E-state index >= 15 is 0 Å². The summed E-state index contributed by atoms with van der Waals surface area (Å²) in [7, 11) is 0. The van der Waals surface area contributed by atoms with Gasteiger partial charge in [-0.05, 0) is 18.2 Å². The number of piperazine rings is 1. The Morgan fingerprint density at radius 3 is 2.52 bits per heavy atom. The van der Waals surface area contributed by atoms with Crippen molar-refractivity contribution in [2.24, 2.45) is 0 Å². The topological polar surface area (TPSA) is 81.3 Å². The van der Waals surface area contributed by atoms with E-state index in [4.69, 9.17) is 0 Å². The van der Waals surface area contributed by atoms with Crippen molar-refractivity contribution in [3.63, 3.8) is 0 Å². The Morgan fingerprint density at radius 1 is 1.00 bits per heavy atom. The Labute approximate surface area is 156 Å². The minimum atomic E-state index is 0.0850. The van der Waals surface area contributed by atoms with Gasteiger partial charge in [-0.2, -0.15) is 0 Å². The number of nitrogens with zero attached hydrogens (tertiary/aromatic N) is 6. The number of anilines is 1. The molecule has 5 rings (SSSR count). The molecule has 0 saturated carbocycles. The van der Waals surface area contributed by atoms with Crippen LogP contribution in [-0.4, -0.2) is 81.0 Å². The number of pyridine rings is 1. The van der Waals surface area contributed by atoms with Crippen molar-refractivity contribution in [1.82, 2.24) is 29.7 Å². The highest BCUT2D eigenvalue weighted by atomic mass is 16.2. The molecule has 0 bridgehead atoms. The van der Waals surface area contributed by atoms with Gasteiger partial charge in [-0.25, -0.2) is 15.0 Å². The maximum absolute atomic E-state index is 12.8. The molecule has 1 N–H and O–H groups in total. The molecule has 8 heteroatoms. The fraction of sp³-hybridized carbons (Fsp3) is 0.368. The van der Waals surface area contributed by atoms with Gasteiger partial charge in [0.05, 0.1) is 5.56 Å². The van der Waals surface area contributed by atoms with E-state index in [0.717, 1.165) is 56.3 Å². The van der Waals surface area contributed by atoms with Crippen LogP contribution in [-0.2, 0) is 0 Å². The van der Waals surface area contributed by atoms with Crippen LogP contribution in [0.5, 0.6) is 0 Å². The van der Waals surface area contributed by atoms with Gasteiger partial charge in [-0.3, -0.25) is 9.69 Å². The van der Waals surface area contributed by atoms with Crippen LogP contribution >= 0.6 is 0 Å². The van der Waals surface area contributed by atoms with Gasteiger partial charge in [0.25, 0.3) is 5.91 Å². The maximum Gasteiger partial charge on any atom is 0.256 e. The summed E-state index contributed by atoms with van der Waals surface area (Å²) >= 11 is 0. The second-order valence-electron chi connectivity index (χ2n) is 7.04. The number of likely N-dealkylation sites (tertiary alicyclic amines) is 1. The zero-order valence-corrected chi connectivity index (χ0v) is 15.0. The van der Waals surface area contributed by atoms with E-state index in [2.05, 4.69) is 29.7 Å². The highest BCUT2D eigenvalue weighted by molar-refractivity contribution is 6.06. The molecule has 0 spiro atoms. The second-order valence-corrected chi connectivity index (χ2v) is 7.04. The maximum atomic E-state index is 12.8. The third-order valence-electron chi connectivity index (χ3n) is 5.50. The zero-order chi connectivity index (χ0) is 18.2. The summed E-state index contributed by atoms with van der Waals surface area (Å²) in [6.45, 7) is 5.36. The number of carbonyl (C=O) groups excluding carboxylic acids is 1. The van der Waals surface area contributed by atoms with Gasteiger partial charge in [-0.1, -0.05) is 0 Å². The van der Waals surface area contributed by atoms with Crippen molar-refractivity contribution in [2.75, 3.05) is 44.2 Å². The third-order valence-corrected chi connectivity index (χ3v) is 5.50. The van der Waals surface area contributed by atoms with Gasteiger partial charge in [0.15, 0.2) is 0 Å². The van der Waals surface area contributed by atoms with Crippen molar-refractivity contribution in [1.29, 1.82) is 0 Å². The molecule has 8 nitrogen and oxygen atoms in total. The lowest BCUT2D eigenvalue weighted by atomic mass is 10.0. The van der Waals surface area contributed by atoms with E-state index in [-0.39, 0.29) is 5.91 Å². The molecule has 3 aromatic heterocycles. The van der Waals surface area contributed by atoms with E-state index in [0.29, 0.717) is 11.6 Å². The predicted octanol–water partition coefficient (Wildman–Crippen LogP) is 0.999. The van der Waals surface area contributed by atoms with Gasteiger partial charge in [0.1, 0.15) is 5.65 Å². The molecule has 3 aromatic rings. The van der Waals surface area contributed by atoms with E-state index < -0.39 is 0 Å². The molecule has 1 amide bonds. The number of carbonyl (C=O) groups is 1. The molecule has 2 saturated heterocycles. The monoisotopic (exact) mass is 363 g/mol. The third kappa shape index (κ3) is 2.91. The molecule has 0 aromatic carbocycles. The average Bonchev–Trinajstić information content (AvgIpc) is 3.12. The smallest absolute Gasteiger partial charge is 0.256 e. The van der Waals surface area contributed by atoms with Gasteiger partial charge in [-0.15, -0.1) is 0 Å². The number of fused-ring (bicyclic) bond motifs is 1. The van der Waals surface area contributed by atoms with E-state index in [1.165, 1.54) is 0 Å². The van der Waals surface area contributed by atoms with Crippen LogP contribution in [0, 0.1) is 0 Å². The van der Waals surface area contributed by atoms with Crippen LogP contribution in [0.15, 0.2) is 43.0 Å². The van der Waals surface area contributed by atoms with Crippen LogP contribution in [0.4, 0.5) is 5.95 Å².